The minimum atomic E-state index is -1.32. The Morgan fingerprint density at radius 1 is 1.33 bits per heavy atom. The van der Waals surface area contributed by atoms with Gasteiger partial charge in [0, 0.05) is 5.56 Å². The third-order valence-electron chi connectivity index (χ3n) is 1.17. The monoisotopic (exact) mass is 296 g/mol. The summed E-state index contributed by atoms with van der Waals surface area (Å²) in [5.41, 5.74) is -0.0841. The molecule has 0 fully saturated rings. The van der Waals surface area contributed by atoms with Crippen molar-refractivity contribution in [2.75, 3.05) is 0 Å². The van der Waals surface area contributed by atoms with Crippen LogP contribution in [-0.4, -0.2) is 5.97 Å². The van der Waals surface area contributed by atoms with Crippen molar-refractivity contribution in [3.63, 3.8) is 0 Å². The first kappa shape index (κ1) is 12.0. The van der Waals surface area contributed by atoms with E-state index in [-0.39, 0.29) is 38.0 Å². The number of halogens is 2. The molecule has 5 heteroatoms. The number of carbonyl (C=O) groups excluding carboxylic acids is 1. The quantitative estimate of drug-likeness (QED) is 0.734. The zero-order chi connectivity index (χ0) is 8.43. The summed E-state index contributed by atoms with van der Waals surface area (Å²) in [5.74, 6) is -1.32. The van der Waals surface area contributed by atoms with Gasteiger partial charge >= 0.3 is 22.4 Å². The van der Waals surface area contributed by atoms with E-state index in [1.165, 1.54) is 18.2 Å². The van der Waals surface area contributed by atoms with Gasteiger partial charge in [-0.25, -0.2) is 0 Å². The first-order valence-corrected chi connectivity index (χ1v) is 3.54. The molecule has 0 aromatic heterocycles. The maximum Gasteiger partial charge on any atom is 1.00 e. The zero-order valence-electron chi connectivity index (χ0n) is 5.61. The van der Waals surface area contributed by atoms with Gasteiger partial charge in [-0.05, 0) is 6.07 Å². The van der Waals surface area contributed by atoms with Crippen LogP contribution in [0.15, 0.2) is 18.2 Å². The van der Waals surface area contributed by atoms with E-state index in [1.54, 1.807) is 0 Å². The maximum absolute atomic E-state index is 10.3. The van der Waals surface area contributed by atoms with E-state index in [0.717, 1.165) is 0 Å². The first-order chi connectivity index (χ1) is 5.13. The second-order valence-corrected chi connectivity index (χ2v) is 2.67. The summed E-state index contributed by atoms with van der Waals surface area (Å²) in [6, 6.07) is 4.35. The Labute approximate surface area is 95.0 Å². The molecular formula is C7H3AgCl2O2. The maximum atomic E-state index is 10.3. The molecule has 1 aromatic rings. The molecule has 12 heavy (non-hydrogen) atoms. The van der Waals surface area contributed by atoms with Crippen LogP contribution in [0.25, 0.3) is 0 Å². The number of carboxylic acids is 1. The molecule has 0 aliphatic heterocycles. The third-order valence-corrected chi connectivity index (χ3v) is 1.99. The van der Waals surface area contributed by atoms with Crippen LogP contribution in [0, 0.1) is 0 Å². The molecule has 0 unspecified atom stereocenters. The van der Waals surface area contributed by atoms with Crippen molar-refractivity contribution in [1.82, 2.24) is 0 Å². The van der Waals surface area contributed by atoms with E-state index >= 15 is 0 Å². The summed E-state index contributed by atoms with van der Waals surface area (Å²) < 4.78 is 0. The Balaban J connectivity index is 0.00000121. The zero-order valence-corrected chi connectivity index (χ0v) is 8.60. The van der Waals surface area contributed by atoms with Gasteiger partial charge in [0.2, 0.25) is 0 Å². The number of hydrogen-bond acceptors (Lipinski definition) is 2. The van der Waals surface area contributed by atoms with E-state index in [2.05, 4.69) is 0 Å². The van der Waals surface area contributed by atoms with Crippen LogP contribution in [0.2, 0.25) is 10.0 Å². The van der Waals surface area contributed by atoms with Crippen molar-refractivity contribution in [2.24, 2.45) is 0 Å². The molecule has 0 saturated heterocycles. The van der Waals surface area contributed by atoms with Crippen LogP contribution in [0.5, 0.6) is 0 Å². The Morgan fingerprint density at radius 2 is 1.92 bits per heavy atom. The molecule has 0 aliphatic rings. The van der Waals surface area contributed by atoms with E-state index in [4.69, 9.17) is 23.2 Å². The SMILES string of the molecule is O=C([O-])c1cccc(Cl)c1Cl.[Ag+]. The molecular weight excluding hydrogens is 295 g/mol. The second kappa shape index (κ2) is 4.90. The van der Waals surface area contributed by atoms with Gasteiger partial charge in [-0.1, -0.05) is 35.3 Å². The molecule has 0 amide bonds. The summed E-state index contributed by atoms with van der Waals surface area (Å²) in [5, 5.41) is 10.6. The number of carbonyl (C=O) groups is 1. The molecule has 1 rings (SSSR count). The molecule has 0 N–H and O–H groups in total. The van der Waals surface area contributed by atoms with Gasteiger partial charge < -0.3 is 9.90 Å². The Bertz CT molecular complexity index is 301. The number of rotatable bonds is 1. The Kier molecular flexibility index (Phi) is 4.90. The minimum Gasteiger partial charge on any atom is -0.545 e. The van der Waals surface area contributed by atoms with Gasteiger partial charge in [0.25, 0.3) is 0 Å². The summed E-state index contributed by atoms with van der Waals surface area (Å²) >= 11 is 11.1. The normalized spacial score (nSPS) is 8.83. The predicted molar refractivity (Wildman–Crippen MR) is 40.8 cm³/mol. The summed E-state index contributed by atoms with van der Waals surface area (Å²) in [7, 11) is 0. The Hall–Kier alpha value is 0.0103. The van der Waals surface area contributed by atoms with Gasteiger partial charge in [0.1, 0.15) is 0 Å². The Morgan fingerprint density at radius 3 is 2.33 bits per heavy atom. The van der Waals surface area contributed by atoms with Crippen LogP contribution >= 0.6 is 23.2 Å². The fourth-order valence-electron chi connectivity index (χ4n) is 0.661. The summed E-state index contributed by atoms with van der Waals surface area (Å²) in [6.07, 6.45) is 0. The fourth-order valence-corrected chi connectivity index (χ4v) is 1.04. The molecule has 0 aliphatic carbocycles. The molecule has 0 radical (unpaired) electrons. The minimum absolute atomic E-state index is 0. The number of carboxylic acid groups (broad SMARTS) is 1. The largest absolute Gasteiger partial charge is 1.00 e. The van der Waals surface area contributed by atoms with E-state index in [1.807, 2.05) is 0 Å². The molecule has 0 heterocycles. The predicted octanol–water partition coefficient (Wildman–Crippen LogP) is 1.35. The van der Waals surface area contributed by atoms with Crippen molar-refractivity contribution in [2.45, 2.75) is 0 Å². The standard InChI is InChI=1S/C7H4Cl2O2.Ag/c8-5-3-1-2-4(6(5)9)7(10)11;/h1-3H,(H,10,11);/q;+1/p-1. The van der Waals surface area contributed by atoms with Gasteiger partial charge in [-0.2, -0.15) is 0 Å². The van der Waals surface area contributed by atoms with Crippen LogP contribution in [0.4, 0.5) is 0 Å². The average Bonchev–Trinajstić information content (AvgIpc) is 1.94. The summed E-state index contributed by atoms with van der Waals surface area (Å²) in [6.45, 7) is 0. The van der Waals surface area contributed by atoms with E-state index in [0.29, 0.717) is 0 Å². The number of aromatic carboxylic acids is 1. The van der Waals surface area contributed by atoms with Crippen LogP contribution in [0.1, 0.15) is 10.4 Å². The molecule has 2 nitrogen and oxygen atoms in total. The second-order valence-electron chi connectivity index (χ2n) is 1.89. The molecule has 1 aromatic carbocycles. The number of benzene rings is 1. The van der Waals surface area contributed by atoms with Gasteiger partial charge in [0.05, 0.1) is 16.0 Å². The molecule has 0 atom stereocenters. The topological polar surface area (TPSA) is 40.1 Å². The smallest absolute Gasteiger partial charge is 0.545 e. The van der Waals surface area contributed by atoms with E-state index < -0.39 is 5.97 Å². The molecule has 0 spiro atoms. The van der Waals surface area contributed by atoms with Gasteiger partial charge in [-0.3, -0.25) is 0 Å². The van der Waals surface area contributed by atoms with Gasteiger partial charge in [0.15, 0.2) is 0 Å². The van der Waals surface area contributed by atoms with Crippen molar-refractivity contribution < 1.29 is 32.3 Å². The van der Waals surface area contributed by atoms with Crippen molar-refractivity contribution >= 4 is 29.2 Å². The third kappa shape index (κ3) is 2.51. The van der Waals surface area contributed by atoms with Crippen molar-refractivity contribution in [3.05, 3.63) is 33.8 Å². The summed E-state index contributed by atoms with van der Waals surface area (Å²) in [4.78, 5) is 10.3. The van der Waals surface area contributed by atoms with Crippen LogP contribution < -0.4 is 5.11 Å². The fraction of sp³-hybridized carbons (Fsp3) is 0. The van der Waals surface area contributed by atoms with Crippen molar-refractivity contribution in [3.8, 4) is 0 Å². The van der Waals surface area contributed by atoms with Crippen LogP contribution in [-0.2, 0) is 22.4 Å². The van der Waals surface area contributed by atoms with Gasteiger partial charge in [-0.15, -0.1) is 0 Å². The molecule has 68 valence electrons. The molecule has 0 bridgehead atoms. The molecule has 0 saturated carbocycles. The van der Waals surface area contributed by atoms with Crippen LogP contribution in [0.3, 0.4) is 0 Å². The van der Waals surface area contributed by atoms with E-state index in [9.17, 15) is 9.90 Å². The average molecular weight is 298 g/mol. The number of hydrogen-bond donors (Lipinski definition) is 0. The van der Waals surface area contributed by atoms with Crippen molar-refractivity contribution in [1.29, 1.82) is 0 Å². The first-order valence-electron chi connectivity index (χ1n) is 2.78.